The molecule has 1 rings (SSSR count). The number of aromatic nitrogens is 1. The normalized spacial score (nSPS) is 12.2. The summed E-state index contributed by atoms with van der Waals surface area (Å²) in [5.74, 6) is 2.71. The molecule has 1 aromatic heterocycles. The standard InChI is InChI=1S/C14H19BrN2O/c1-5-7-17-9-11(15)8-13(17)14(18)16-12(6-2)10(3)4/h2,8-10,12H,5,7H2,1,3-4H3,(H,16,18). The van der Waals surface area contributed by atoms with Crippen molar-refractivity contribution in [1.29, 1.82) is 0 Å². The molecule has 18 heavy (non-hydrogen) atoms. The van der Waals surface area contributed by atoms with Crippen LogP contribution in [0.4, 0.5) is 0 Å². The molecule has 1 atom stereocenters. The molecule has 0 radical (unpaired) electrons. The summed E-state index contributed by atoms with van der Waals surface area (Å²) in [5.41, 5.74) is 0.643. The van der Waals surface area contributed by atoms with E-state index in [0.29, 0.717) is 5.69 Å². The van der Waals surface area contributed by atoms with Crippen LogP contribution in [0.1, 0.15) is 37.7 Å². The first-order chi connectivity index (χ1) is 8.49. The maximum atomic E-state index is 12.2. The van der Waals surface area contributed by atoms with Gasteiger partial charge in [0, 0.05) is 17.2 Å². The zero-order valence-corrected chi connectivity index (χ0v) is 12.6. The monoisotopic (exact) mass is 310 g/mol. The number of rotatable bonds is 5. The molecule has 0 fully saturated rings. The van der Waals surface area contributed by atoms with Crippen molar-refractivity contribution in [1.82, 2.24) is 9.88 Å². The van der Waals surface area contributed by atoms with Gasteiger partial charge in [-0.25, -0.2) is 0 Å². The highest BCUT2D eigenvalue weighted by atomic mass is 79.9. The molecule has 3 nitrogen and oxygen atoms in total. The topological polar surface area (TPSA) is 34.0 Å². The second-order valence-corrected chi connectivity index (χ2v) is 5.51. The summed E-state index contributed by atoms with van der Waals surface area (Å²) in [5, 5.41) is 2.88. The molecule has 0 aromatic carbocycles. The Labute approximate surface area is 117 Å². The zero-order chi connectivity index (χ0) is 13.7. The van der Waals surface area contributed by atoms with Gasteiger partial charge in [-0.15, -0.1) is 6.42 Å². The van der Waals surface area contributed by atoms with Crippen molar-refractivity contribution in [3.8, 4) is 12.3 Å². The summed E-state index contributed by atoms with van der Waals surface area (Å²) in [6.07, 6.45) is 8.31. The van der Waals surface area contributed by atoms with Crippen molar-refractivity contribution in [2.75, 3.05) is 0 Å². The van der Waals surface area contributed by atoms with E-state index in [2.05, 4.69) is 34.1 Å². The Morgan fingerprint density at radius 1 is 1.61 bits per heavy atom. The lowest BCUT2D eigenvalue weighted by molar-refractivity contribution is 0.0928. The fourth-order valence-electron chi connectivity index (χ4n) is 1.71. The Morgan fingerprint density at radius 3 is 2.78 bits per heavy atom. The van der Waals surface area contributed by atoms with Crippen LogP contribution in [0.5, 0.6) is 0 Å². The Hall–Kier alpha value is -1.21. The van der Waals surface area contributed by atoms with Crippen LogP contribution in [0.3, 0.4) is 0 Å². The molecule has 0 saturated carbocycles. The number of carbonyl (C=O) groups is 1. The average molecular weight is 311 g/mol. The minimum Gasteiger partial charge on any atom is -0.342 e. The van der Waals surface area contributed by atoms with E-state index in [4.69, 9.17) is 6.42 Å². The quantitative estimate of drug-likeness (QED) is 0.833. The van der Waals surface area contributed by atoms with Crippen molar-refractivity contribution in [2.24, 2.45) is 5.92 Å². The molecule has 1 heterocycles. The molecule has 1 N–H and O–H groups in total. The number of aryl methyl sites for hydroxylation is 1. The number of carbonyl (C=O) groups excluding carboxylic acids is 1. The molecule has 1 amide bonds. The maximum Gasteiger partial charge on any atom is 0.268 e. The first kappa shape index (κ1) is 14.8. The van der Waals surface area contributed by atoms with Crippen molar-refractivity contribution in [3.63, 3.8) is 0 Å². The van der Waals surface area contributed by atoms with Gasteiger partial charge in [-0.2, -0.15) is 0 Å². The van der Waals surface area contributed by atoms with Gasteiger partial charge in [0.15, 0.2) is 0 Å². The Kier molecular flexibility index (Phi) is 5.49. The molecule has 0 spiro atoms. The third kappa shape index (κ3) is 3.64. The lowest BCUT2D eigenvalue weighted by atomic mass is 10.1. The van der Waals surface area contributed by atoms with E-state index in [1.807, 2.05) is 30.7 Å². The molecular formula is C14H19BrN2O. The smallest absolute Gasteiger partial charge is 0.268 e. The zero-order valence-electron chi connectivity index (χ0n) is 11.0. The van der Waals surface area contributed by atoms with Crippen molar-refractivity contribution in [3.05, 3.63) is 22.4 Å². The van der Waals surface area contributed by atoms with Crippen LogP contribution < -0.4 is 5.32 Å². The fourth-order valence-corrected chi connectivity index (χ4v) is 2.17. The van der Waals surface area contributed by atoms with E-state index < -0.39 is 0 Å². The summed E-state index contributed by atoms with van der Waals surface area (Å²) in [4.78, 5) is 12.2. The van der Waals surface area contributed by atoms with Crippen LogP contribution in [-0.2, 0) is 6.54 Å². The van der Waals surface area contributed by atoms with Gasteiger partial charge in [-0.1, -0.05) is 26.7 Å². The SMILES string of the molecule is C#CC(NC(=O)c1cc(Br)cn1CCC)C(C)C. The third-order valence-electron chi connectivity index (χ3n) is 2.69. The molecule has 98 valence electrons. The highest BCUT2D eigenvalue weighted by Crippen LogP contribution is 2.16. The predicted molar refractivity (Wildman–Crippen MR) is 77.3 cm³/mol. The van der Waals surface area contributed by atoms with E-state index in [1.165, 1.54) is 0 Å². The summed E-state index contributed by atoms with van der Waals surface area (Å²) in [6.45, 7) is 6.88. The van der Waals surface area contributed by atoms with Crippen LogP contribution in [-0.4, -0.2) is 16.5 Å². The Bertz CT molecular complexity index is 457. The first-order valence-corrected chi connectivity index (χ1v) is 6.91. The van der Waals surface area contributed by atoms with Crippen molar-refractivity contribution in [2.45, 2.75) is 39.8 Å². The molecule has 0 aliphatic rings. The Morgan fingerprint density at radius 2 is 2.28 bits per heavy atom. The minimum absolute atomic E-state index is 0.120. The number of hydrogen-bond donors (Lipinski definition) is 1. The summed E-state index contributed by atoms with van der Waals surface area (Å²) >= 11 is 3.39. The van der Waals surface area contributed by atoms with Gasteiger partial charge in [0.1, 0.15) is 5.69 Å². The van der Waals surface area contributed by atoms with E-state index in [-0.39, 0.29) is 17.9 Å². The maximum absolute atomic E-state index is 12.2. The second-order valence-electron chi connectivity index (χ2n) is 4.60. The first-order valence-electron chi connectivity index (χ1n) is 6.12. The summed E-state index contributed by atoms with van der Waals surface area (Å²) in [7, 11) is 0. The van der Waals surface area contributed by atoms with Gasteiger partial charge in [0.2, 0.25) is 0 Å². The molecule has 4 heteroatoms. The predicted octanol–water partition coefficient (Wildman–Crippen LogP) is 3.05. The number of halogens is 1. The highest BCUT2D eigenvalue weighted by Gasteiger charge is 2.17. The van der Waals surface area contributed by atoms with Crippen LogP contribution >= 0.6 is 15.9 Å². The highest BCUT2D eigenvalue weighted by molar-refractivity contribution is 9.10. The van der Waals surface area contributed by atoms with E-state index in [1.54, 1.807) is 0 Å². The van der Waals surface area contributed by atoms with E-state index in [9.17, 15) is 4.79 Å². The van der Waals surface area contributed by atoms with E-state index in [0.717, 1.165) is 17.4 Å². The van der Waals surface area contributed by atoms with Gasteiger partial charge in [-0.05, 0) is 34.3 Å². The number of nitrogens with one attached hydrogen (secondary N) is 1. The van der Waals surface area contributed by atoms with Crippen molar-refractivity contribution >= 4 is 21.8 Å². The Balaban J connectivity index is 2.87. The molecule has 0 aliphatic carbocycles. The largest absolute Gasteiger partial charge is 0.342 e. The van der Waals surface area contributed by atoms with Gasteiger partial charge >= 0.3 is 0 Å². The molecule has 1 unspecified atom stereocenters. The average Bonchev–Trinajstić information content (AvgIpc) is 2.67. The fraction of sp³-hybridized carbons (Fsp3) is 0.500. The van der Waals surface area contributed by atoms with Crippen LogP contribution in [0.15, 0.2) is 16.7 Å². The van der Waals surface area contributed by atoms with Gasteiger partial charge in [0.05, 0.1) is 6.04 Å². The van der Waals surface area contributed by atoms with Crippen LogP contribution in [0.25, 0.3) is 0 Å². The minimum atomic E-state index is -0.235. The summed E-state index contributed by atoms with van der Waals surface area (Å²) < 4.78 is 2.84. The molecule has 1 aromatic rings. The van der Waals surface area contributed by atoms with Crippen molar-refractivity contribution < 1.29 is 4.79 Å². The number of nitrogens with zero attached hydrogens (tertiary/aromatic N) is 1. The molecule has 0 aliphatic heterocycles. The lowest BCUT2D eigenvalue weighted by Gasteiger charge is -2.17. The lowest BCUT2D eigenvalue weighted by Crippen LogP contribution is -2.38. The van der Waals surface area contributed by atoms with Gasteiger partial charge < -0.3 is 9.88 Å². The number of terminal acetylenes is 1. The molecule has 0 saturated heterocycles. The second kappa shape index (κ2) is 6.65. The number of hydrogen-bond acceptors (Lipinski definition) is 1. The number of amides is 1. The van der Waals surface area contributed by atoms with Gasteiger partial charge in [0.25, 0.3) is 5.91 Å². The summed E-state index contributed by atoms with van der Waals surface area (Å²) in [6, 6.07) is 1.58. The van der Waals surface area contributed by atoms with E-state index >= 15 is 0 Å². The van der Waals surface area contributed by atoms with Crippen LogP contribution in [0, 0.1) is 18.3 Å². The van der Waals surface area contributed by atoms with Crippen LogP contribution in [0.2, 0.25) is 0 Å². The molecular weight excluding hydrogens is 292 g/mol. The van der Waals surface area contributed by atoms with Gasteiger partial charge in [-0.3, -0.25) is 4.79 Å². The molecule has 0 bridgehead atoms. The third-order valence-corrected chi connectivity index (χ3v) is 3.13.